The number of nitrogens with one attached hydrogen (secondary N) is 1. The predicted molar refractivity (Wildman–Crippen MR) is 117 cm³/mol. The number of nitrogens with zero attached hydrogens (tertiary/aromatic N) is 2. The van der Waals surface area contributed by atoms with Gasteiger partial charge >= 0.3 is 0 Å². The Bertz CT molecular complexity index is 981. The quantitative estimate of drug-likeness (QED) is 0.656. The van der Waals surface area contributed by atoms with Gasteiger partial charge in [0.15, 0.2) is 5.17 Å². The monoisotopic (exact) mass is 455 g/mol. The van der Waals surface area contributed by atoms with Crippen molar-refractivity contribution >= 4 is 74.9 Å². The molecule has 2 aromatic carbocycles. The number of hydrogen-bond donors (Lipinski definition) is 1. The van der Waals surface area contributed by atoms with Gasteiger partial charge in [0, 0.05) is 24.2 Å². The standard InChI is InChI=1S/C19H16Cl3N3O2S/c1-10-6-7-11(20)8-14(10)23-16(26)9-15-18(27)25(2)19(28-15)24-13-5-3-4-12(21)17(13)22/h3-8,15H,9H2,1-2H3,(H,23,26)/t15-/m0/s1. The molecule has 0 aliphatic carbocycles. The number of benzene rings is 2. The number of aryl methyl sites for hydroxylation is 1. The van der Waals surface area contributed by atoms with Crippen molar-refractivity contribution in [1.29, 1.82) is 0 Å². The second kappa shape index (κ2) is 8.74. The maximum absolute atomic E-state index is 12.5. The molecule has 0 aromatic heterocycles. The number of amides is 2. The maximum Gasteiger partial charge on any atom is 0.242 e. The summed E-state index contributed by atoms with van der Waals surface area (Å²) < 4.78 is 0. The lowest BCUT2D eigenvalue weighted by molar-refractivity contribution is -0.127. The van der Waals surface area contributed by atoms with Gasteiger partial charge in [0.2, 0.25) is 11.8 Å². The second-order valence-electron chi connectivity index (χ2n) is 6.18. The van der Waals surface area contributed by atoms with Gasteiger partial charge in [0.1, 0.15) is 5.25 Å². The van der Waals surface area contributed by atoms with Crippen LogP contribution in [0.25, 0.3) is 0 Å². The molecule has 1 aliphatic heterocycles. The highest BCUT2D eigenvalue weighted by molar-refractivity contribution is 8.15. The molecule has 0 spiro atoms. The van der Waals surface area contributed by atoms with E-state index in [0.29, 0.717) is 31.6 Å². The molecule has 9 heteroatoms. The van der Waals surface area contributed by atoms with Crippen molar-refractivity contribution in [2.75, 3.05) is 12.4 Å². The zero-order valence-electron chi connectivity index (χ0n) is 15.0. The van der Waals surface area contributed by atoms with Crippen LogP contribution in [-0.4, -0.2) is 34.2 Å². The minimum atomic E-state index is -0.568. The molecule has 0 bridgehead atoms. The van der Waals surface area contributed by atoms with E-state index in [1.807, 2.05) is 13.0 Å². The zero-order valence-corrected chi connectivity index (χ0v) is 18.1. The van der Waals surface area contributed by atoms with Crippen LogP contribution in [0, 0.1) is 6.92 Å². The molecule has 1 atom stereocenters. The van der Waals surface area contributed by atoms with E-state index in [9.17, 15) is 9.59 Å². The number of carbonyl (C=O) groups excluding carboxylic acids is 2. The van der Waals surface area contributed by atoms with Gasteiger partial charge in [0.05, 0.1) is 15.7 Å². The lowest BCUT2D eigenvalue weighted by Gasteiger charge is -2.11. The average molecular weight is 457 g/mol. The fourth-order valence-corrected chi connectivity index (χ4v) is 4.23. The molecule has 1 N–H and O–H groups in total. The molecule has 1 heterocycles. The first kappa shape index (κ1) is 21.0. The molecule has 1 saturated heterocycles. The molecule has 1 aliphatic rings. The fourth-order valence-electron chi connectivity index (χ4n) is 2.58. The van der Waals surface area contributed by atoms with Crippen molar-refractivity contribution in [3.63, 3.8) is 0 Å². The fraction of sp³-hybridized carbons (Fsp3) is 0.211. The molecule has 2 aromatic rings. The van der Waals surface area contributed by atoms with Crippen LogP contribution in [0.3, 0.4) is 0 Å². The largest absolute Gasteiger partial charge is 0.326 e. The molecule has 0 unspecified atom stereocenters. The summed E-state index contributed by atoms with van der Waals surface area (Å²) in [5.74, 6) is -0.466. The van der Waals surface area contributed by atoms with E-state index >= 15 is 0 Å². The first-order valence-corrected chi connectivity index (χ1v) is 10.3. The van der Waals surface area contributed by atoms with Gasteiger partial charge in [-0.1, -0.05) is 58.7 Å². The smallest absolute Gasteiger partial charge is 0.242 e. The number of hydrogen-bond acceptors (Lipinski definition) is 4. The molecule has 1 fully saturated rings. The first-order chi connectivity index (χ1) is 13.3. The highest BCUT2D eigenvalue weighted by Gasteiger charge is 2.37. The topological polar surface area (TPSA) is 61.8 Å². The summed E-state index contributed by atoms with van der Waals surface area (Å²) in [6, 6.07) is 10.4. The third-order valence-electron chi connectivity index (χ3n) is 4.13. The molecule has 28 heavy (non-hydrogen) atoms. The number of anilines is 1. The van der Waals surface area contributed by atoms with E-state index in [1.54, 1.807) is 37.4 Å². The zero-order chi connectivity index (χ0) is 20.4. The minimum absolute atomic E-state index is 0.0160. The van der Waals surface area contributed by atoms with Crippen LogP contribution in [0.1, 0.15) is 12.0 Å². The van der Waals surface area contributed by atoms with Crippen LogP contribution in [0.2, 0.25) is 15.1 Å². The van der Waals surface area contributed by atoms with E-state index in [-0.39, 0.29) is 18.2 Å². The van der Waals surface area contributed by atoms with Gasteiger partial charge in [-0.15, -0.1) is 0 Å². The summed E-state index contributed by atoms with van der Waals surface area (Å²) in [6.45, 7) is 1.87. The van der Waals surface area contributed by atoms with Crippen molar-refractivity contribution in [3.05, 3.63) is 57.0 Å². The Kier molecular flexibility index (Phi) is 6.55. The van der Waals surface area contributed by atoms with Crippen LogP contribution in [-0.2, 0) is 9.59 Å². The van der Waals surface area contributed by atoms with Gasteiger partial charge in [-0.3, -0.25) is 14.5 Å². The highest BCUT2D eigenvalue weighted by atomic mass is 35.5. The third kappa shape index (κ3) is 4.63. The maximum atomic E-state index is 12.5. The number of aliphatic imine (C=N–C) groups is 1. The molecule has 0 saturated carbocycles. The second-order valence-corrected chi connectivity index (χ2v) is 8.57. The van der Waals surface area contributed by atoms with Crippen LogP contribution >= 0.6 is 46.6 Å². The number of rotatable bonds is 4. The van der Waals surface area contributed by atoms with Crippen LogP contribution in [0.5, 0.6) is 0 Å². The summed E-state index contributed by atoms with van der Waals surface area (Å²) in [4.78, 5) is 30.8. The van der Waals surface area contributed by atoms with Crippen LogP contribution in [0.15, 0.2) is 41.4 Å². The Morgan fingerprint density at radius 1 is 1.25 bits per heavy atom. The Hall–Kier alpha value is -1.73. The summed E-state index contributed by atoms with van der Waals surface area (Å²) in [5, 5.41) is 3.93. The molecular weight excluding hydrogens is 441 g/mol. The number of carbonyl (C=O) groups is 2. The summed E-state index contributed by atoms with van der Waals surface area (Å²) in [6.07, 6.45) is 0.0160. The van der Waals surface area contributed by atoms with Gasteiger partial charge < -0.3 is 5.32 Å². The van der Waals surface area contributed by atoms with Gasteiger partial charge in [-0.2, -0.15) is 0 Å². The Balaban J connectivity index is 1.73. The normalized spacial score (nSPS) is 18.0. The summed E-state index contributed by atoms with van der Waals surface area (Å²) in [7, 11) is 1.62. The lowest BCUT2D eigenvalue weighted by atomic mass is 10.2. The van der Waals surface area contributed by atoms with Crippen LogP contribution in [0.4, 0.5) is 11.4 Å². The highest BCUT2D eigenvalue weighted by Crippen LogP contribution is 2.36. The summed E-state index contributed by atoms with van der Waals surface area (Å²) >= 11 is 19.4. The Morgan fingerprint density at radius 3 is 2.75 bits per heavy atom. The lowest BCUT2D eigenvalue weighted by Crippen LogP contribution is -2.30. The molecule has 146 valence electrons. The average Bonchev–Trinajstić information content (AvgIpc) is 2.90. The first-order valence-electron chi connectivity index (χ1n) is 8.29. The van der Waals surface area contributed by atoms with Gasteiger partial charge in [-0.05, 0) is 36.8 Å². The molecule has 0 radical (unpaired) electrons. The van der Waals surface area contributed by atoms with E-state index in [0.717, 1.165) is 5.56 Å². The van der Waals surface area contributed by atoms with Crippen LogP contribution < -0.4 is 5.32 Å². The van der Waals surface area contributed by atoms with Gasteiger partial charge in [0.25, 0.3) is 0 Å². The molecule has 2 amide bonds. The van der Waals surface area contributed by atoms with E-state index in [4.69, 9.17) is 34.8 Å². The van der Waals surface area contributed by atoms with Crippen molar-refractivity contribution in [1.82, 2.24) is 4.90 Å². The molecule has 3 rings (SSSR count). The van der Waals surface area contributed by atoms with E-state index in [2.05, 4.69) is 10.3 Å². The third-order valence-corrected chi connectivity index (χ3v) is 6.41. The summed E-state index contributed by atoms with van der Waals surface area (Å²) in [5.41, 5.74) is 1.98. The van der Waals surface area contributed by atoms with Crippen molar-refractivity contribution in [2.45, 2.75) is 18.6 Å². The number of thioether (sulfide) groups is 1. The molecule has 5 nitrogen and oxygen atoms in total. The van der Waals surface area contributed by atoms with E-state index < -0.39 is 5.25 Å². The Morgan fingerprint density at radius 2 is 2.00 bits per heavy atom. The number of halogens is 3. The van der Waals surface area contributed by atoms with Crippen molar-refractivity contribution < 1.29 is 9.59 Å². The van der Waals surface area contributed by atoms with Crippen molar-refractivity contribution in [2.24, 2.45) is 4.99 Å². The van der Waals surface area contributed by atoms with E-state index in [1.165, 1.54) is 16.7 Å². The van der Waals surface area contributed by atoms with Crippen molar-refractivity contribution in [3.8, 4) is 0 Å². The Labute approximate surface area is 182 Å². The van der Waals surface area contributed by atoms with Gasteiger partial charge in [-0.25, -0.2) is 4.99 Å². The molecular formula is C19H16Cl3N3O2S. The predicted octanol–water partition coefficient (Wildman–Crippen LogP) is 5.55. The minimum Gasteiger partial charge on any atom is -0.326 e. The SMILES string of the molecule is Cc1ccc(Cl)cc1NC(=O)C[C@@H]1SC(=Nc2cccc(Cl)c2Cl)N(C)C1=O. The number of amidine groups is 1.